The number of carbonyl (C=O) groups excluding carboxylic acids is 1. The van der Waals surface area contributed by atoms with Crippen molar-refractivity contribution >= 4 is 33.2 Å². The van der Waals surface area contributed by atoms with E-state index < -0.39 is 4.92 Å². The Bertz CT molecular complexity index is 686. The van der Waals surface area contributed by atoms with Gasteiger partial charge in [-0.25, -0.2) is 0 Å². The fourth-order valence-electron chi connectivity index (χ4n) is 1.70. The molecular weight excluding hydrogens is 324 g/mol. The molecule has 0 fully saturated rings. The molecule has 0 saturated heterocycles. The molecule has 0 aromatic heterocycles. The van der Waals surface area contributed by atoms with Crippen molar-refractivity contribution in [3.8, 4) is 0 Å². The first kappa shape index (κ1) is 14.2. The number of nitro benzene ring substituents is 1. The quantitative estimate of drug-likeness (QED) is 0.683. The summed E-state index contributed by atoms with van der Waals surface area (Å²) in [4.78, 5) is 22.2. The highest BCUT2D eigenvalue weighted by molar-refractivity contribution is 9.10. The molecule has 5 nitrogen and oxygen atoms in total. The number of nitro groups is 1. The number of carbonyl (C=O) groups is 1. The Morgan fingerprint density at radius 2 is 2.00 bits per heavy atom. The lowest BCUT2D eigenvalue weighted by Crippen LogP contribution is -2.12. The molecule has 0 aliphatic rings. The van der Waals surface area contributed by atoms with Crippen molar-refractivity contribution in [3.63, 3.8) is 0 Å². The van der Waals surface area contributed by atoms with Crippen LogP contribution in [0.1, 0.15) is 15.9 Å². The van der Waals surface area contributed by atoms with Crippen LogP contribution in [-0.4, -0.2) is 10.8 Å². The van der Waals surface area contributed by atoms with Gasteiger partial charge in [-0.15, -0.1) is 0 Å². The van der Waals surface area contributed by atoms with Crippen LogP contribution in [0.25, 0.3) is 0 Å². The zero-order valence-corrected chi connectivity index (χ0v) is 12.2. The number of rotatable bonds is 3. The van der Waals surface area contributed by atoms with Gasteiger partial charge in [-0.1, -0.05) is 17.7 Å². The average molecular weight is 335 g/mol. The fourth-order valence-corrected chi connectivity index (χ4v) is 2.17. The van der Waals surface area contributed by atoms with Crippen LogP contribution < -0.4 is 5.32 Å². The molecule has 0 unspecified atom stereocenters. The molecule has 1 amide bonds. The maximum Gasteiger partial charge on any atom is 0.270 e. The van der Waals surface area contributed by atoms with E-state index in [9.17, 15) is 14.9 Å². The Hall–Kier alpha value is -2.21. The van der Waals surface area contributed by atoms with E-state index in [1.807, 2.05) is 13.0 Å². The molecule has 2 rings (SSSR count). The van der Waals surface area contributed by atoms with Gasteiger partial charge in [0.25, 0.3) is 11.6 Å². The Labute approximate surface area is 123 Å². The van der Waals surface area contributed by atoms with Gasteiger partial charge in [-0.05, 0) is 41.1 Å². The van der Waals surface area contributed by atoms with Gasteiger partial charge < -0.3 is 5.32 Å². The second-order valence-electron chi connectivity index (χ2n) is 4.24. The molecule has 0 heterocycles. The highest BCUT2D eigenvalue weighted by Crippen LogP contribution is 2.27. The minimum Gasteiger partial charge on any atom is -0.321 e. The van der Waals surface area contributed by atoms with Crippen LogP contribution in [0.5, 0.6) is 0 Å². The summed E-state index contributed by atoms with van der Waals surface area (Å²) in [6.07, 6.45) is 0. The lowest BCUT2D eigenvalue weighted by Gasteiger charge is -2.07. The Morgan fingerprint density at radius 1 is 1.25 bits per heavy atom. The summed E-state index contributed by atoms with van der Waals surface area (Å²) in [5, 5.41) is 13.4. The topological polar surface area (TPSA) is 72.2 Å². The van der Waals surface area contributed by atoms with Crippen molar-refractivity contribution < 1.29 is 9.72 Å². The summed E-state index contributed by atoms with van der Waals surface area (Å²) < 4.78 is 0.465. The molecule has 0 atom stereocenters. The van der Waals surface area contributed by atoms with Crippen molar-refractivity contribution in [1.82, 2.24) is 0 Å². The van der Waals surface area contributed by atoms with Gasteiger partial charge in [0, 0.05) is 22.2 Å². The van der Waals surface area contributed by atoms with Crippen molar-refractivity contribution in [2.45, 2.75) is 6.92 Å². The number of benzene rings is 2. The lowest BCUT2D eigenvalue weighted by atomic mass is 10.1. The number of anilines is 1. The van der Waals surface area contributed by atoms with E-state index in [2.05, 4.69) is 21.2 Å². The minimum atomic E-state index is -0.489. The Kier molecular flexibility index (Phi) is 4.14. The highest BCUT2D eigenvalue weighted by Gasteiger charge is 2.12. The van der Waals surface area contributed by atoms with Crippen molar-refractivity contribution in [2.24, 2.45) is 0 Å². The molecule has 0 saturated carbocycles. The van der Waals surface area contributed by atoms with Crippen LogP contribution in [0.2, 0.25) is 0 Å². The fraction of sp³-hybridized carbons (Fsp3) is 0.0714. The first-order valence-corrected chi connectivity index (χ1v) is 6.58. The number of non-ortho nitro benzene ring substituents is 1. The molecule has 2 aromatic rings. The SMILES string of the molecule is Cc1cccc(C(=O)Nc2ccc([N+](=O)[O-])cc2Br)c1. The molecule has 1 N–H and O–H groups in total. The zero-order chi connectivity index (χ0) is 14.7. The smallest absolute Gasteiger partial charge is 0.270 e. The van der Waals surface area contributed by atoms with Crippen LogP contribution in [0, 0.1) is 17.0 Å². The number of amides is 1. The van der Waals surface area contributed by atoms with E-state index in [-0.39, 0.29) is 11.6 Å². The second-order valence-corrected chi connectivity index (χ2v) is 5.10. The predicted molar refractivity (Wildman–Crippen MR) is 79.9 cm³/mol. The number of aryl methyl sites for hydroxylation is 1. The first-order valence-electron chi connectivity index (χ1n) is 5.79. The van der Waals surface area contributed by atoms with Gasteiger partial charge in [0.15, 0.2) is 0 Å². The molecule has 102 valence electrons. The summed E-state index contributed by atoms with van der Waals surface area (Å²) in [6, 6.07) is 11.4. The van der Waals surface area contributed by atoms with Crippen molar-refractivity contribution in [3.05, 3.63) is 68.2 Å². The molecule has 6 heteroatoms. The van der Waals surface area contributed by atoms with E-state index >= 15 is 0 Å². The molecule has 0 spiro atoms. The summed E-state index contributed by atoms with van der Waals surface area (Å²) in [5.74, 6) is -0.261. The summed E-state index contributed by atoms with van der Waals surface area (Å²) in [5.41, 5.74) is 1.98. The zero-order valence-electron chi connectivity index (χ0n) is 10.6. The number of nitrogens with one attached hydrogen (secondary N) is 1. The van der Waals surface area contributed by atoms with Gasteiger partial charge in [0.2, 0.25) is 0 Å². The van der Waals surface area contributed by atoms with Crippen LogP contribution in [0.15, 0.2) is 46.9 Å². The van der Waals surface area contributed by atoms with E-state index in [4.69, 9.17) is 0 Å². The molecular formula is C14H11BrN2O3. The van der Waals surface area contributed by atoms with Gasteiger partial charge in [-0.3, -0.25) is 14.9 Å². The van der Waals surface area contributed by atoms with E-state index in [0.717, 1.165) is 5.56 Å². The van der Waals surface area contributed by atoms with E-state index in [1.54, 1.807) is 18.2 Å². The molecule has 0 aliphatic heterocycles. The van der Waals surface area contributed by atoms with E-state index in [1.165, 1.54) is 18.2 Å². The molecule has 0 radical (unpaired) electrons. The maximum atomic E-state index is 12.1. The second kappa shape index (κ2) is 5.83. The monoisotopic (exact) mass is 334 g/mol. The van der Waals surface area contributed by atoms with Gasteiger partial charge in [0.05, 0.1) is 10.6 Å². The maximum absolute atomic E-state index is 12.1. The number of nitrogens with zero attached hydrogens (tertiary/aromatic N) is 1. The summed E-state index contributed by atoms with van der Waals surface area (Å²) in [6.45, 7) is 1.90. The third-order valence-electron chi connectivity index (χ3n) is 2.69. The Balaban J connectivity index is 2.22. The van der Waals surface area contributed by atoms with Crippen LogP contribution >= 0.6 is 15.9 Å². The van der Waals surface area contributed by atoms with Crippen molar-refractivity contribution in [2.75, 3.05) is 5.32 Å². The first-order chi connectivity index (χ1) is 9.47. The average Bonchev–Trinajstić information content (AvgIpc) is 2.40. The predicted octanol–water partition coefficient (Wildman–Crippen LogP) is 3.92. The van der Waals surface area contributed by atoms with Gasteiger partial charge in [0.1, 0.15) is 0 Å². The van der Waals surface area contributed by atoms with Gasteiger partial charge >= 0.3 is 0 Å². The normalized spacial score (nSPS) is 10.1. The Morgan fingerprint density at radius 3 is 2.60 bits per heavy atom. The third-order valence-corrected chi connectivity index (χ3v) is 3.35. The third kappa shape index (κ3) is 3.21. The van der Waals surface area contributed by atoms with Crippen LogP contribution in [0.3, 0.4) is 0 Å². The summed E-state index contributed by atoms with van der Waals surface area (Å²) >= 11 is 3.21. The highest BCUT2D eigenvalue weighted by atomic mass is 79.9. The largest absolute Gasteiger partial charge is 0.321 e. The number of halogens is 1. The summed E-state index contributed by atoms with van der Waals surface area (Å²) in [7, 11) is 0. The minimum absolute atomic E-state index is 0.0366. The van der Waals surface area contributed by atoms with Crippen LogP contribution in [-0.2, 0) is 0 Å². The number of hydrogen-bond donors (Lipinski definition) is 1. The molecule has 2 aromatic carbocycles. The lowest BCUT2D eigenvalue weighted by molar-refractivity contribution is -0.384. The molecule has 0 bridgehead atoms. The number of hydrogen-bond acceptors (Lipinski definition) is 3. The van der Waals surface area contributed by atoms with E-state index in [0.29, 0.717) is 15.7 Å². The van der Waals surface area contributed by atoms with Gasteiger partial charge in [-0.2, -0.15) is 0 Å². The molecule has 20 heavy (non-hydrogen) atoms. The molecule has 0 aliphatic carbocycles. The van der Waals surface area contributed by atoms with Crippen molar-refractivity contribution in [1.29, 1.82) is 0 Å². The van der Waals surface area contributed by atoms with Crippen LogP contribution in [0.4, 0.5) is 11.4 Å². The standard InChI is InChI=1S/C14H11BrN2O3/c1-9-3-2-4-10(7-9)14(18)16-13-6-5-11(17(19)20)8-12(13)15/h2-8H,1H3,(H,16,18).